The Morgan fingerprint density at radius 3 is 2.36 bits per heavy atom. The molecule has 0 fully saturated rings. The molecule has 0 bridgehead atoms. The van der Waals surface area contributed by atoms with Crippen molar-refractivity contribution < 1.29 is 9.59 Å². The van der Waals surface area contributed by atoms with Crippen LogP contribution >= 0.6 is 0 Å². The van der Waals surface area contributed by atoms with E-state index in [2.05, 4.69) is 17.2 Å². The Morgan fingerprint density at radius 2 is 1.86 bits per heavy atom. The van der Waals surface area contributed by atoms with Crippen molar-refractivity contribution in [3.05, 3.63) is 12.7 Å². The molecule has 0 unspecified atom stereocenters. The summed E-state index contributed by atoms with van der Waals surface area (Å²) >= 11 is 0. The number of hydrogen-bond acceptors (Lipinski definition) is 3. The lowest BCUT2D eigenvalue weighted by atomic mass is 10.5. The number of amides is 2. The van der Waals surface area contributed by atoms with Gasteiger partial charge in [-0.1, -0.05) is 6.08 Å². The summed E-state index contributed by atoms with van der Waals surface area (Å²) in [6.45, 7) is 4.90. The van der Waals surface area contributed by atoms with Crippen molar-refractivity contribution in [1.82, 2.24) is 15.5 Å². The summed E-state index contributed by atoms with van der Waals surface area (Å²) in [5.74, 6) is -1.22. The van der Waals surface area contributed by atoms with Crippen LogP contribution in [0, 0.1) is 0 Å². The van der Waals surface area contributed by atoms with Crippen molar-refractivity contribution in [2.75, 3.05) is 33.7 Å². The van der Waals surface area contributed by atoms with E-state index in [1.807, 2.05) is 19.0 Å². The van der Waals surface area contributed by atoms with Crippen molar-refractivity contribution in [2.45, 2.75) is 0 Å². The molecule has 0 radical (unpaired) electrons. The summed E-state index contributed by atoms with van der Waals surface area (Å²) in [6.07, 6.45) is 1.52. The number of nitrogens with one attached hydrogen (secondary N) is 2. The summed E-state index contributed by atoms with van der Waals surface area (Å²) < 4.78 is 0. The standard InChI is InChI=1S/C9H17N3O2/c1-4-5-10-8(13)9(14)11-6-7-12(2)3/h4H,1,5-7H2,2-3H3,(H,10,13)(H,11,14). The van der Waals surface area contributed by atoms with Crippen LogP contribution in [-0.4, -0.2) is 50.4 Å². The van der Waals surface area contributed by atoms with Gasteiger partial charge in [-0.3, -0.25) is 9.59 Å². The Labute approximate surface area is 84.2 Å². The van der Waals surface area contributed by atoms with Crippen LogP contribution in [0.2, 0.25) is 0 Å². The van der Waals surface area contributed by atoms with E-state index in [1.165, 1.54) is 6.08 Å². The summed E-state index contributed by atoms with van der Waals surface area (Å²) in [4.78, 5) is 24.0. The first-order valence-corrected chi connectivity index (χ1v) is 4.39. The van der Waals surface area contributed by atoms with Crippen molar-refractivity contribution in [2.24, 2.45) is 0 Å². The van der Waals surface area contributed by atoms with E-state index < -0.39 is 11.8 Å². The lowest BCUT2D eigenvalue weighted by Crippen LogP contribution is -2.42. The molecule has 0 saturated carbocycles. The van der Waals surface area contributed by atoms with Crippen LogP contribution in [0.3, 0.4) is 0 Å². The van der Waals surface area contributed by atoms with Gasteiger partial charge in [0.1, 0.15) is 0 Å². The first-order chi connectivity index (χ1) is 6.57. The normalized spacial score (nSPS) is 9.64. The molecular weight excluding hydrogens is 182 g/mol. The molecule has 2 N–H and O–H groups in total. The summed E-state index contributed by atoms with van der Waals surface area (Å²) in [5, 5.41) is 4.88. The summed E-state index contributed by atoms with van der Waals surface area (Å²) in [5.41, 5.74) is 0. The topological polar surface area (TPSA) is 61.4 Å². The van der Waals surface area contributed by atoms with Crippen molar-refractivity contribution in [1.29, 1.82) is 0 Å². The average Bonchev–Trinajstić information content (AvgIpc) is 2.13. The van der Waals surface area contributed by atoms with E-state index in [-0.39, 0.29) is 0 Å². The highest BCUT2D eigenvalue weighted by molar-refractivity contribution is 6.35. The molecule has 0 rings (SSSR count). The molecule has 5 heteroatoms. The third-order valence-corrected chi connectivity index (χ3v) is 1.46. The Bertz CT molecular complexity index is 214. The molecule has 2 amide bonds. The number of nitrogens with zero attached hydrogens (tertiary/aromatic N) is 1. The first-order valence-electron chi connectivity index (χ1n) is 4.39. The molecule has 0 aliphatic heterocycles. The predicted octanol–water partition coefficient (Wildman–Crippen LogP) is -1.03. The molecule has 0 aliphatic rings. The van der Waals surface area contributed by atoms with Crippen LogP contribution in [0.25, 0.3) is 0 Å². The maximum absolute atomic E-state index is 11.1. The third kappa shape index (κ3) is 6.19. The van der Waals surface area contributed by atoms with Crippen LogP contribution in [0.5, 0.6) is 0 Å². The van der Waals surface area contributed by atoms with E-state index in [1.54, 1.807) is 0 Å². The number of carbonyl (C=O) groups is 2. The maximum Gasteiger partial charge on any atom is 0.309 e. The highest BCUT2D eigenvalue weighted by Crippen LogP contribution is 1.73. The molecule has 0 aliphatic carbocycles. The maximum atomic E-state index is 11.1. The average molecular weight is 199 g/mol. The largest absolute Gasteiger partial charge is 0.347 e. The van der Waals surface area contributed by atoms with E-state index in [9.17, 15) is 9.59 Å². The summed E-state index contributed by atoms with van der Waals surface area (Å²) in [7, 11) is 3.79. The Kier molecular flexibility index (Phi) is 6.39. The predicted molar refractivity (Wildman–Crippen MR) is 54.8 cm³/mol. The molecule has 5 nitrogen and oxygen atoms in total. The first kappa shape index (κ1) is 12.6. The molecule has 0 aromatic heterocycles. The molecule has 0 heterocycles. The minimum absolute atomic E-state index is 0.305. The van der Waals surface area contributed by atoms with E-state index in [4.69, 9.17) is 0 Å². The second-order valence-electron chi connectivity index (χ2n) is 3.06. The van der Waals surface area contributed by atoms with E-state index in [0.29, 0.717) is 19.6 Å². The molecule has 80 valence electrons. The van der Waals surface area contributed by atoms with Gasteiger partial charge in [-0.25, -0.2) is 0 Å². The lowest BCUT2D eigenvalue weighted by molar-refractivity contribution is -0.139. The van der Waals surface area contributed by atoms with Gasteiger partial charge in [0.05, 0.1) is 0 Å². The quantitative estimate of drug-likeness (QED) is 0.439. The molecular formula is C9H17N3O2. The molecule has 0 atom stereocenters. The molecule has 14 heavy (non-hydrogen) atoms. The van der Waals surface area contributed by atoms with Gasteiger partial charge in [0.2, 0.25) is 0 Å². The highest BCUT2D eigenvalue weighted by Gasteiger charge is 2.10. The van der Waals surface area contributed by atoms with Gasteiger partial charge < -0.3 is 15.5 Å². The number of likely N-dealkylation sites (N-methyl/N-ethyl adjacent to an activating group) is 1. The zero-order valence-electron chi connectivity index (χ0n) is 8.67. The minimum Gasteiger partial charge on any atom is -0.347 e. The number of hydrogen-bond donors (Lipinski definition) is 2. The minimum atomic E-state index is -0.622. The van der Waals surface area contributed by atoms with Crippen molar-refractivity contribution in [3.8, 4) is 0 Å². The van der Waals surface area contributed by atoms with Crippen molar-refractivity contribution in [3.63, 3.8) is 0 Å². The SMILES string of the molecule is C=CCNC(=O)C(=O)NCCN(C)C. The number of rotatable bonds is 5. The zero-order chi connectivity index (χ0) is 11.0. The fourth-order valence-corrected chi connectivity index (χ4v) is 0.718. The second kappa shape index (κ2) is 7.08. The van der Waals surface area contributed by atoms with Gasteiger partial charge in [0, 0.05) is 19.6 Å². The lowest BCUT2D eigenvalue weighted by Gasteiger charge is -2.09. The number of carbonyl (C=O) groups excluding carboxylic acids is 2. The van der Waals surface area contributed by atoms with Crippen LogP contribution in [0.4, 0.5) is 0 Å². The summed E-state index contributed by atoms with van der Waals surface area (Å²) in [6, 6.07) is 0. The fourth-order valence-electron chi connectivity index (χ4n) is 0.718. The van der Waals surface area contributed by atoms with Crippen LogP contribution in [0.15, 0.2) is 12.7 Å². The monoisotopic (exact) mass is 199 g/mol. The van der Waals surface area contributed by atoms with Gasteiger partial charge in [-0.2, -0.15) is 0 Å². The Morgan fingerprint density at radius 1 is 1.29 bits per heavy atom. The van der Waals surface area contributed by atoms with Gasteiger partial charge in [0.25, 0.3) is 0 Å². The molecule has 0 saturated heterocycles. The van der Waals surface area contributed by atoms with Gasteiger partial charge in [-0.05, 0) is 14.1 Å². The molecule has 0 aromatic carbocycles. The van der Waals surface area contributed by atoms with Gasteiger partial charge >= 0.3 is 11.8 Å². The van der Waals surface area contributed by atoms with Crippen molar-refractivity contribution >= 4 is 11.8 Å². The molecule has 0 spiro atoms. The van der Waals surface area contributed by atoms with Gasteiger partial charge in [-0.15, -0.1) is 6.58 Å². The van der Waals surface area contributed by atoms with Crippen LogP contribution in [0.1, 0.15) is 0 Å². The Hall–Kier alpha value is -1.36. The third-order valence-electron chi connectivity index (χ3n) is 1.46. The Balaban J connectivity index is 3.62. The van der Waals surface area contributed by atoms with E-state index in [0.717, 1.165) is 0 Å². The van der Waals surface area contributed by atoms with Crippen LogP contribution in [-0.2, 0) is 9.59 Å². The fraction of sp³-hybridized carbons (Fsp3) is 0.556. The van der Waals surface area contributed by atoms with Gasteiger partial charge in [0.15, 0.2) is 0 Å². The van der Waals surface area contributed by atoms with E-state index >= 15 is 0 Å². The smallest absolute Gasteiger partial charge is 0.309 e. The second-order valence-corrected chi connectivity index (χ2v) is 3.06. The molecule has 0 aromatic rings. The zero-order valence-corrected chi connectivity index (χ0v) is 8.67. The van der Waals surface area contributed by atoms with Crippen LogP contribution < -0.4 is 10.6 Å². The highest BCUT2D eigenvalue weighted by atomic mass is 16.2.